The summed E-state index contributed by atoms with van der Waals surface area (Å²) in [6.07, 6.45) is 4.40. The first-order valence-electron chi connectivity index (χ1n) is 7.61. The van der Waals surface area contributed by atoms with Gasteiger partial charge in [-0.25, -0.2) is 4.90 Å². The van der Waals surface area contributed by atoms with Gasteiger partial charge in [-0.15, -0.1) is 0 Å². The normalized spacial score (nSPS) is 13.7. The van der Waals surface area contributed by atoms with Crippen molar-refractivity contribution in [2.45, 2.75) is 19.8 Å². The zero-order valence-electron chi connectivity index (χ0n) is 12.9. The fourth-order valence-corrected chi connectivity index (χ4v) is 2.52. The molecule has 0 radical (unpaired) electrons. The smallest absolute Gasteiger partial charge is 0.258 e. The summed E-state index contributed by atoms with van der Waals surface area (Å²) < 4.78 is 5.96. The Morgan fingerprint density at radius 1 is 0.957 bits per heavy atom. The van der Waals surface area contributed by atoms with Crippen molar-refractivity contribution in [3.8, 4) is 11.5 Å². The van der Waals surface area contributed by atoms with E-state index in [-0.39, 0.29) is 11.8 Å². The zero-order valence-corrected chi connectivity index (χ0v) is 12.9. The predicted molar refractivity (Wildman–Crippen MR) is 88.6 cm³/mol. The Morgan fingerprint density at radius 2 is 1.65 bits per heavy atom. The monoisotopic (exact) mass is 307 g/mol. The Morgan fingerprint density at radius 3 is 2.30 bits per heavy atom. The summed E-state index contributed by atoms with van der Waals surface area (Å²) in [6, 6.07) is 14.9. The van der Waals surface area contributed by atoms with Crippen LogP contribution < -0.4 is 9.64 Å². The van der Waals surface area contributed by atoms with Gasteiger partial charge in [-0.1, -0.05) is 37.6 Å². The summed E-state index contributed by atoms with van der Waals surface area (Å²) in [4.78, 5) is 24.8. The van der Waals surface area contributed by atoms with Crippen LogP contribution in [0, 0.1) is 0 Å². The van der Waals surface area contributed by atoms with Crippen molar-refractivity contribution in [2.24, 2.45) is 0 Å². The van der Waals surface area contributed by atoms with Gasteiger partial charge in [0.15, 0.2) is 0 Å². The molecule has 0 N–H and O–H groups in total. The van der Waals surface area contributed by atoms with Gasteiger partial charge < -0.3 is 4.74 Å². The molecule has 0 unspecified atom stereocenters. The second kappa shape index (κ2) is 6.48. The molecule has 2 aromatic rings. The van der Waals surface area contributed by atoms with Crippen molar-refractivity contribution in [3.63, 3.8) is 0 Å². The van der Waals surface area contributed by atoms with Crippen molar-refractivity contribution in [2.75, 3.05) is 4.90 Å². The van der Waals surface area contributed by atoms with Crippen molar-refractivity contribution in [1.29, 1.82) is 0 Å². The SMILES string of the molecule is CCCc1ccc(N2C(=O)C=CC2=O)cc1Oc1ccccc1. The lowest BCUT2D eigenvalue weighted by Crippen LogP contribution is -2.29. The Labute approximate surface area is 135 Å². The predicted octanol–water partition coefficient (Wildman–Crippen LogP) is 3.86. The number of ether oxygens (including phenoxy) is 1. The summed E-state index contributed by atoms with van der Waals surface area (Å²) >= 11 is 0. The molecule has 1 aliphatic rings. The molecule has 0 bridgehead atoms. The van der Waals surface area contributed by atoms with E-state index in [4.69, 9.17) is 4.74 Å². The van der Waals surface area contributed by atoms with E-state index < -0.39 is 0 Å². The molecule has 2 amide bonds. The van der Waals surface area contributed by atoms with Crippen LogP contribution in [0.4, 0.5) is 5.69 Å². The summed E-state index contributed by atoms with van der Waals surface area (Å²) in [5, 5.41) is 0. The molecule has 0 aromatic heterocycles. The van der Waals surface area contributed by atoms with Crippen molar-refractivity contribution in [1.82, 2.24) is 0 Å². The molecule has 0 saturated heterocycles. The first-order chi connectivity index (χ1) is 11.2. The molecular formula is C19H17NO3. The number of para-hydroxylation sites is 1. The average Bonchev–Trinajstić information content (AvgIpc) is 2.89. The Bertz CT molecular complexity index is 747. The van der Waals surface area contributed by atoms with Gasteiger partial charge in [0.2, 0.25) is 0 Å². The number of nitrogens with zero attached hydrogens (tertiary/aromatic N) is 1. The van der Waals surface area contributed by atoms with Gasteiger partial charge in [0.25, 0.3) is 11.8 Å². The number of anilines is 1. The Kier molecular flexibility index (Phi) is 4.24. The van der Waals surface area contributed by atoms with E-state index in [0.717, 1.165) is 29.1 Å². The number of aryl methyl sites for hydroxylation is 1. The molecule has 3 rings (SSSR count). The first kappa shape index (κ1) is 15.0. The molecule has 0 saturated carbocycles. The molecular weight excluding hydrogens is 290 g/mol. The summed E-state index contributed by atoms with van der Waals surface area (Å²) in [7, 11) is 0. The number of benzene rings is 2. The number of amides is 2. The van der Waals surface area contributed by atoms with Crippen LogP contribution >= 0.6 is 0 Å². The third kappa shape index (κ3) is 3.16. The number of carbonyl (C=O) groups excluding carboxylic acids is 2. The highest BCUT2D eigenvalue weighted by atomic mass is 16.5. The van der Waals surface area contributed by atoms with Gasteiger partial charge in [0.05, 0.1) is 5.69 Å². The van der Waals surface area contributed by atoms with Crippen LogP contribution in [0.5, 0.6) is 11.5 Å². The number of rotatable bonds is 5. The van der Waals surface area contributed by atoms with Crippen LogP contribution in [0.1, 0.15) is 18.9 Å². The van der Waals surface area contributed by atoms with Crippen molar-refractivity contribution >= 4 is 17.5 Å². The van der Waals surface area contributed by atoms with Crippen LogP contribution in [0.25, 0.3) is 0 Å². The van der Waals surface area contributed by atoms with Gasteiger partial charge in [0, 0.05) is 18.2 Å². The lowest BCUT2D eigenvalue weighted by atomic mass is 10.1. The lowest BCUT2D eigenvalue weighted by Gasteiger charge is -2.17. The molecule has 116 valence electrons. The Hall–Kier alpha value is -2.88. The third-order valence-corrected chi connectivity index (χ3v) is 3.61. The maximum Gasteiger partial charge on any atom is 0.258 e. The molecule has 0 spiro atoms. The molecule has 23 heavy (non-hydrogen) atoms. The minimum atomic E-state index is -0.330. The summed E-state index contributed by atoms with van der Waals surface area (Å²) in [6.45, 7) is 2.09. The summed E-state index contributed by atoms with van der Waals surface area (Å²) in [5.41, 5.74) is 1.57. The molecule has 0 aliphatic carbocycles. The van der Waals surface area contributed by atoms with Gasteiger partial charge >= 0.3 is 0 Å². The highest BCUT2D eigenvalue weighted by Crippen LogP contribution is 2.32. The number of imide groups is 1. The highest BCUT2D eigenvalue weighted by Gasteiger charge is 2.25. The standard InChI is InChI=1S/C19H17NO3/c1-2-6-14-9-10-15(20-18(21)11-12-19(20)22)13-17(14)23-16-7-4-3-5-8-16/h3-5,7-13H,2,6H2,1H3. The van der Waals surface area contributed by atoms with Crippen LogP contribution in [0.2, 0.25) is 0 Å². The molecule has 0 atom stereocenters. The van der Waals surface area contributed by atoms with Crippen LogP contribution in [-0.2, 0) is 16.0 Å². The fraction of sp³-hybridized carbons (Fsp3) is 0.158. The fourth-order valence-electron chi connectivity index (χ4n) is 2.52. The quantitative estimate of drug-likeness (QED) is 0.788. The van der Waals surface area contributed by atoms with Gasteiger partial charge in [-0.05, 0) is 30.2 Å². The van der Waals surface area contributed by atoms with Crippen molar-refractivity contribution in [3.05, 3.63) is 66.2 Å². The van der Waals surface area contributed by atoms with Crippen LogP contribution in [-0.4, -0.2) is 11.8 Å². The van der Waals surface area contributed by atoms with Crippen LogP contribution in [0.15, 0.2) is 60.7 Å². The molecule has 4 nitrogen and oxygen atoms in total. The molecule has 2 aromatic carbocycles. The van der Waals surface area contributed by atoms with Gasteiger partial charge in [-0.3, -0.25) is 9.59 Å². The number of hydrogen-bond donors (Lipinski definition) is 0. The molecule has 1 heterocycles. The van der Waals surface area contributed by atoms with Crippen molar-refractivity contribution < 1.29 is 14.3 Å². The van der Waals surface area contributed by atoms with E-state index in [9.17, 15) is 9.59 Å². The maximum absolute atomic E-state index is 11.8. The number of carbonyl (C=O) groups is 2. The molecule has 0 fully saturated rings. The second-order valence-corrected chi connectivity index (χ2v) is 5.30. The van der Waals surface area contributed by atoms with Crippen LogP contribution in [0.3, 0.4) is 0 Å². The van der Waals surface area contributed by atoms with E-state index >= 15 is 0 Å². The maximum atomic E-state index is 11.8. The zero-order chi connectivity index (χ0) is 16.2. The minimum Gasteiger partial charge on any atom is -0.457 e. The second-order valence-electron chi connectivity index (χ2n) is 5.30. The van der Waals surface area contributed by atoms with E-state index in [1.807, 2.05) is 36.4 Å². The summed E-state index contributed by atoms with van der Waals surface area (Å²) in [5.74, 6) is 0.732. The minimum absolute atomic E-state index is 0.330. The van der Waals surface area contributed by atoms with E-state index in [2.05, 4.69) is 6.92 Å². The number of hydrogen-bond acceptors (Lipinski definition) is 3. The third-order valence-electron chi connectivity index (χ3n) is 3.61. The topological polar surface area (TPSA) is 46.6 Å². The van der Waals surface area contributed by atoms with Gasteiger partial charge in [0.1, 0.15) is 11.5 Å². The average molecular weight is 307 g/mol. The molecule has 1 aliphatic heterocycles. The highest BCUT2D eigenvalue weighted by molar-refractivity contribution is 6.28. The van der Waals surface area contributed by atoms with E-state index in [0.29, 0.717) is 11.4 Å². The molecule has 4 heteroatoms. The van der Waals surface area contributed by atoms with Gasteiger partial charge in [-0.2, -0.15) is 0 Å². The lowest BCUT2D eigenvalue weighted by molar-refractivity contribution is -0.119. The van der Waals surface area contributed by atoms with E-state index in [1.54, 1.807) is 12.1 Å². The first-order valence-corrected chi connectivity index (χ1v) is 7.61. The van der Waals surface area contributed by atoms with E-state index in [1.165, 1.54) is 12.2 Å². The largest absolute Gasteiger partial charge is 0.457 e. The Balaban J connectivity index is 1.96.